The van der Waals surface area contributed by atoms with Crippen LogP contribution in [0.1, 0.15) is 23.8 Å². The summed E-state index contributed by atoms with van der Waals surface area (Å²) in [6, 6.07) is 5.78. The number of ether oxygens (including phenoxy) is 2. The van der Waals surface area contributed by atoms with Crippen LogP contribution in [0.25, 0.3) is 11.3 Å². The quantitative estimate of drug-likeness (QED) is 0.453. The molecule has 4 N–H and O–H groups in total. The van der Waals surface area contributed by atoms with Crippen molar-refractivity contribution in [2.45, 2.75) is 43.6 Å². The topological polar surface area (TPSA) is 99.8 Å². The van der Waals surface area contributed by atoms with Gasteiger partial charge in [-0.25, -0.2) is 4.98 Å². The zero-order valence-electron chi connectivity index (χ0n) is 19.5. The summed E-state index contributed by atoms with van der Waals surface area (Å²) in [6.45, 7) is 4.48. The number of carbonyl (C=O) groups is 1. The van der Waals surface area contributed by atoms with Crippen LogP contribution in [0, 0.1) is 0 Å². The first-order valence-corrected chi connectivity index (χ1v) is 12.9. The molecule has 0 aliphatic carbocycles. The van der Waals surface area contributed by atoms with Gasteiger partial charge < -0.3 is 20.1 Å². The summed E-state index contributed by atoms with van der Waals surface area (Å²) < 4.78 is 46.8. The van der Waals surface area contributed by atoms with E-state index in [0.29, 0.717) is 29.5 Å². The highest BCUT2D eigenvalue weighted by molar-refractivity contribution is 7.10. The van der Waals surface area contributed by atoms with Gasteiger partial charge in [0.2, 0.25) is 5.91 Å². The summed E-state index contributed by atoms with van der Waals surface area (Å²) in [6.07, 6.45) is -3.32. The molecule has 36 heavy (non-hydrogen) atoms. The number of aromatic nitrogens is 1. The average molecular weight is 527 g/mol. The molecule has 4 atom stereocenters. The highest BCUT2D eigenvalue weighted by atomic mass is 32.1. The fourth-order valence-corrected chi connectivity index (χ4v) is 5.72. The van der Waals surface area contributed by atoms with Gasteiger partial charge in [-0.1, -0.05) is 0 Å². The lowest BCUT2D eigenvalue weighted by atomic mass is 10.00. The fourth-order valence-electron chi connectivity index (χ4n) is 4.75. The maximum Gasteiger partial charge on any atom is 0.573 e. The molecule has 3 aliphatic heterocycles. The van der Waals surface area contributed by atoms with Crippen molar-refractivity contribution in [1.82, 2.24) is 31.2 Å². The molecule has 1 amide bonds. The van der Waals surface area contributed by atoms with Crippen LogP contribution in [0.4, 0.5) is 13.2 Å². The molecule has 5 rings (SSSR count). The monoisotopic (exact) mass is 526 g/mol. The van der Waals surface area contributed by atoms with Crippen LogP contribution in [0.3, 0.4) is 0 Å². The molecule has 4 heterocycles. The summed E-state index contributed by atoms with van der Waals surface area (Å²) in [7, 11) is 0. The third-order valence-electron chi connectivity index (χ3n) is 6.53. The van der Waals surface area contributed by atoms with Crippen molar-refractivity contribution in [3.8, 4) is 17.0 Å². The van der Waals surface area contributed by atoms with E-state index in [0.717, 1.165) is 39.0 Å². The SMILES string of the molecule is O=C1NC(N2CCOCC2)NC(N[C@@H]2CCCNC2)C1c1nc(-c2ccc(OC(F)(F)F)cc2)cs1. The standard InChI is InChI=1S/C23H29F3N6O3S/c24-23(25,26)35-16-5-3-14(4-6-16)17-13-36-21(29-17)18-19(28-15-2-1-7-27-12-15)30-22(31-20(18)33)32-8-10-34-11-9-32/h3-6,13,15,18-19,22,27-28,30H,1-2,7-12H2,(H,31,33)/t15-,18?,19?,22?/m1/s1. The van der Waals surface area contributed by atoms with Gasteiger partial charge in [-0.3, -0.25) is 20.3 Å². The number of nitrogens with one attached hydrogen (secondary N) is 4. The summed E-state index contributed by atoms with van der Waals surface area (Å²) in [5, 5.41) is 16.1. The molecule has 196 valence electrons. The summed E-state index contributed by atoms with van der Waals surface area (Å²) in [5.74, 6) is -0.978. The van der Waals surface area contributed by atoms with Crippen molar-refractivity contribution in [1.29, 1.82) is 0 Å². The number of halogens is 3. The maximum atomic E-state index is 13.4. The van der Waals surface area contributed by atoms with E-state index in [9.17, 15) is 18.0 Å². The van der Waals surface area contributed by atoms with E-state index in [2.05, 4.69) is 30.9 Å². The van der Waals surface area contributed by atoms with Gasteiger partial charge >= 0.3 is 6.36 Å². The Morgan fingerprint density at radius 2 is 1.97 bits per heavy atom. The molecule has 3 unspecified atom stereocenters. The Morgan fingerprint density at radius 3 is 2.67 bits per heavy atom. The molecule has 13 heteroatoms. The fraction of sp³-hybridized carbons (Fsp3) is 0.565. The number of piperidine rings is 1. The molecule has 1 aromatic carbocycles. The van der Waals surface area contributed by atoms with Crippen LogP contribution in [-0.4, -0.2) is 80.0 Å². The van der Waals surface area contributed by atoms with Crippen molar-refractivity contribution in [2.75, 3.05) is 39.4 Å². The summed E-state index contributed by atoms with van der Waals surface area (Å²) in [5.41, 5.74) is 1.23. The first-order valence-electron chi connectivity index (χ1n) is 12.0. The molecule has 9 nitrogen and oxygen atoms in total. The largest absolute Gasteiger partial charge is 0.573 e. The Bertz CT molecular complexity index is 1020. The van der Waals surface area contributed by atoms with E-state index < -0.39 is 12.3 Å². The number of rotatable bonds is 6. The third-order valence-corrected chi connectivity index (χ3v) is 7.45. The van der Waals surface area contributed by atoms with Crippen molar-refractivity contribution in [3.63, 3.8) is 0 Å². The van der Waals surface area contributed by atoms with Crippen LogP contribution in [0.2, 0.25) is 0 Å². The van der Waals surface area contributed by atoms with Crippen LogP contribution in [-0.2, 0) is 9.53 Å². The first-order chi connectivity index (χ1) is 17.4. The number of benzene rings is 1. The molecule has 0 bridgehead atoms. The van der Waals surface area contributed by atoms with Gasteiger partial charge in [0.15, 0.2) is 0 Å². The first kappa shape index (κ1) is 25.4. The number of carbonyl (C=O) groups excluding carboxylic acids is 1. The van der Waals surface area contributed by atoms with E-state index >= 15 is 0 Å². The Balaban J connectivity index is 1.34. The Morgan fingerprint density at radius 1 is 1.19 bits per heavy atom. The number of amides is 1. The number of hydrogen-bond acceptors (Lipinski definition) is 9. The van der Waals surface area contributed by atoms with Crippen LogP contribution in [0.15, 0.2) is 29.6 Å². The minimum absolute atomic E-state index is 0.124. The van der Waals surface area contributed by atoms with Crippen molar-refractivity contribution >= 4 is 17.2 Å². The van der Waals surface area contributed by atoms with E-state index in [-0.39, 0.29) is 30.2 Å². The van der Waals surface area contributed by atoms with Crippen molar-refractivity contribution < 1.29 is 27.4 Å². The Hall–Kier alpha value is -2.29. The second-order valence-corrected chi connectivity index (χ2v) is 9.92. The molecule has 3 aliphatic rings. The normalized spacial score (nSPS) is 28.0. The van der Waals surface area contributed by atoms with Crippen LogP contribution >= 0.6 is 11.3 Å². The number of alkyl halides is 3. The molecule has 0 spiro atoms. The molecule has 0 radical (unpaired) electrons. The van der Waals surface area contributed by atoms with E-state index in [1.807, 2.05) is 5.38 Å². The molecule has 1 aromatic heterocycles. The minimum atomic E-state index is -4.74. The summed E-state index contributed by atoms with van der Waals surface area (Å²) in [4.78, 5) is 20.3. The Labute approximate surface area is 210 Å². The van der Waals surface area contributed by atoms with E-state index in [1.165, 1.54) is 35.6 Å². The third kappa shape index (κ3) is 6.15. The summed E-state index contributed by atoms with van der Waals surface area (Å²) >= 11 is 1.36. The van der Waals surface area contributed by atoms with Gasteiger partial charge in [0.05, 0.1) is 25.1 Å². The smallest absolute Gasteiger partial charge is 0.406 e. The van der Waals surface area contributed by atoms with Gasteiger partial charge in [0.1, 0.15) is 23.0 Å². The molecular formula is C23H29F3N6O3S. The molecular weight excluding hydrogens is 497 g/mol. The zero-order valence-corrected chi connectivity index (χ0v) is 20.3. The van der Waals surface area contributed by atoms with Crippen molar-refractivity contribution in [3.05, 3.63) is 34.7 Å². The minimum Gasteiger partial charge on any atom is -0.406 e. The van der Waals surface area contributed by atoms with Crippen LogP contribution < -0.4 is 26.0 Å². The lowest BCUT2D eigenvalue weighted by Crippen LogP contribution is -2.71. The van der Waals surface area contributed by atoms with Gasteiger partial charge in [-0.15, -0.1) is 24.5 Å². The number of nitrogens with zero attached hydrogens (tertiary/aromatic N) is 2. The molecule has 0 saturated carbocycles. The predicted octanol–water partition coefficient (Wildman–Crippen LogP) is 1.80. The molecule has 2 aromatic rings. The second-order valence-electron chi connectivity index (χ2n) is 9.03. The van der Waals surface area contributed by atoms with Crippen molar-refractivity contribution in [2.24, 2.45) is 0 Å². The average Bonchev–Trinajstić information content (AvgIpc) is 3.34. The van der Waals surface area contributed by atoms with Crippen LogP contribution in [0.5, 0.6) is 5.75 Å². The lowest BCUT2D eigenvalue weighted by molar-refractivity contribution is -0.274. The molecule has 3 saturated heterocycles. The van der Waals surface area contributed by atoms with E-state index in [4.69, 9.17) is 9.72 Å². The zero-order chi connectivity index (χ0) is 25.1. The Kier molecular flexibility index (Phi) is 7.74. The number of thiazole rings is 1. The van der Waals surface area contributed by atoms with Gasteiger partial charge in [-0.2, -0.15) is 0 Å². The van der Waals surface area contributed by atoms with Gasteiger partial charge in [0.25, 0.3) is 0 Å². The molecule has 3 fully saturated rings. The lowest BCUT2D eigenvalue weighted by Gasteiger charge is -2.44. The maximum absolute atomic E-state index is 13.4. The second kappa shape index (κ2) is 11.0. The predicted molar refractivity (Wildman–Crippen MR) is 127 cm³/mol. The van der Waals surface area contributed by atoms with Gasteiger partial charge in [-0.05, 0) is 43.7 Å². The highest BCUT2D eigenvalue weighted by Crippen LogP contribution is 2.32. The number of hydrogen-bond donors (Lipinski definition) is 4. The van der Waals surface area contributed by atoms with Gasteiger partial charge in [0, 0.05) is 36.6 Å². The number of morpholine rings is 1. The highest BCUT2D eigenvalue weighted by Gasteiger charge is 2.42. The van der Waals surface area contributed by atoms with E-state index in [1.54, 1.807) is 0 Å².